The molecule has 0 spiro atoms. The maximum absolute atomic E-state index is 12.2. The lowest BCUT2D eigenvalue weighted by atomic mass is 10.0. The molecule has 0 saturated heterocycles. The van der Waals surface area contributed by atoms with Crippen LogP contribution >= 0.6 is 0 Å². The first kappa shape index (κ1) is 20.1. The predicted molar refractivity (Wildman–Crippen MR) is 118 cm³/mol. The maximum Gasteiger partial charge on any atom is 0.237 e. The minimum Gasteiger partial charge on any atom is -0.384 e. The fourth-order valence-electron chi connectivity index (χ4n) is 3.65. The van der Waals surface area contributed by atoms with Gasteiger partial charge in [0.15, 0.2) is 0 Å². The first-order valence-corrected chi connectivity index (χ1v) is 9.99. The van der Waals surface area contributed by atoms with Crippen molar-refractivity contribution < 1.29 is 4.79 Å². The van der Waals surface area contributed by atoms with E-state index in [2.05, 4.69) is 48.2 Å². The molecule has 1 aliphatic rings. The van der Waals surface area contributed by atoms with E-state index in [4.69, 9.17) is 0 Å². The van der Waals surface area contributed by atoms with Crippen LogP contribution < -0.4 is 10.6 Å². The molecule has 5 nitrogen and oxygen atoms in total. The van der Waals surface area contributed by atoms with Crippen LogP contribution in [-0.2, 0) is 4.79 Å². The molecule has 0 saturated carbocycles. The molecule has 3 rings (SSSR count). The molecule has 1 unspecified atom stereocenters. The molecule has 2 aromatic rings. The van der Waals surface area contributed by atoms with Crippen molar-refractivity contribution in [1.29, 1.82) is 0 Å². The van der Waals surface area contributed by atoms with Crippen LogP contribution in [0.15, 0.2) is 53.5 Å². The Balaban J connectivity index is 1.56. The number of rotatable bonds is 8. The Morgan fingerprint density at radius 3 is 2.43 bits per heavy atom. The molecule has 0 bridgehead atoms. The Morgan fingerprint density at radius 1 is 1.07 bits per heavy atom. The molecule has 0 aromatic heterocycles. The van der Waals surface area contributed by atoms with Crippen molar-refractivity contribution in [2.75, 3.05) is 23.7 Å². The van der Waals surface area contributed by atoms with E-state index < -0.39 is 0 Å². The van der Waals surface area contributed by atoms with E-state index in [1.165, 1.54) is 0 Å². The van der Waals surface area contributed by atoms with Crippen LogP contribution in [0.25, 0.3) is 0 Å². The van der Waals surface area contributed by atoms with Crippen LogP contribution in [-0.4, -0.2) is 42.2 Å². The van der Waals surface area contributed by atoms with Crippen LogP contribution in [0.4, 0.5) is 17.1 Å². The first-order chi connectivity index (χ1) is 13.5. The van der Waals surface area contributed by atoms with Gasteiger partial charge < -0.3 is 10.6 Å². The number of anilines is 2. The fraction of sp³-hybridized carbons (Fsp3) is 0.391. The number of nitrogens with zero attached hydrogens (tertiary/aromatic N) is 2. The number of fused-ring (bicyclic) bond motifs is 1. The fourth-order valence-corrected chi connectivity index (χ4v) is 3.65. The van der Waals surface area contributed by atoms with Gasteiger partial charge in [0.25, 0.3) is 0 Å². The third-order valence-corrected chi connectivity index (χ3v) is 5.10. The van der Waals surface area contributed by atoms with Gasteiger partial charge in [0, 0.05) is 42.8 Å². The van der Waals surface area contributed by atoms with E-state index in [-0.39, 0.29) is 11.8 Å². The van der Waals surface area contributed by atoms with E-state index in [1.54, 1.807) is 6.21 Å². The number of amides is 1. The lowest BCUT2D eigenvalue weighted by molar-refractivity contribution is -0.115. The molecule has 1 heterocycles. The Morgan fingerprint density at radius 2 is 1.75 bits per heavy atom. The number of hydrogen-bond donors (Lipinski definition) is 2. The van der Waals surface area contributed by atoms with Crippen molar-refractivity contribution in [3.8, 4) is 0 Å². The van der Waals surface area contributed by atoms with Gasteiger partial charge in [0.1, 0.15) is 5.92 Å². The number of carbonyl (C=O) groups excluding carboxylic acids is 1. The summed E-state index contributed by atoms with van der Waals surface area (Å²) in [6.07, 6.45) is 1.73. The summed E-state index contributed by atoms with van der Waals surface area (Å²) in [4.78, 5) is 19.1. The second-order valence-electron chi connectivity index (χ2n) is 7.73. The number of aliphatic imine (C=N–C) groups is 1. The van der Waals surface area contributed by atoms with Crippen LogP contribution in [0, 0.1) is 0 Å². The minimum atomic E-state index is -0.327. The summed E-state index contributed by atoms with van der Waals surface area (Å²) in [7, 11) is 0. The molecule has 148 valence electrons. The summed E-state index contributed by atoms with van der Waals surface area (Å²) in [6, 6.07) is 16.8. The van der Waals surface area contributed by atoms with E-state index in [0.717, 1.165) is 35.7 Å². The number of para-hydroxylation sites is 1. The van der Waals surface area contributed by atoms with Gasteiger partial charge in [-0.25, -0.2) is 0 Å². The van der Waals surface area contributed by atoms with Crippen molar-refractivity contribution >= 4 is 29.2 Å². The molecule has 1 atom stereocenters. The lowest BCUT2D eigenvalue weighted by Crippen LogP contribution is -2.40. The molecular weight excluding hydrogens is 348 g/mol. The van der Waals surface area contributed by atoms with E-state index >= 15 is 0 Å². The van der Waals surface area contributed by atoms with E-state index in [1.807, 2.05) is 48.5 Å². The zero-order valence-electron chi connectivity index (χ0n) is 17.1. The van der Waals surface area contributed by atoms with E-state index in [0.29, 0.717) is 12.1 Å². The maximum atomic E-state index is 12.2. The molecule has 28 heavy (non-hydrogen) atoms. The van der Waals surface area contributed by atoms with Gasteiger partial charge in [0.05, 0.1) is 5.69 Å². The van der Waals surface area contributed by atoms with Crippen molar-refractivity contribution in [2.24, 2.45) is 4.99 Å². The Bertz CT molecular complexity index is 819. The SMILES string of the molecule is CC(C)N(CCNc1ccc(N=CC2C(=O)Nc3ccccc32)cc1)C(C)C. The number of benzene rings is 2. The molecule has 1 amide bonds. The second-order valence-corrected chi connectivity index (χ2v) is 7.73. The average Bonchev–Trinajstić information content (AvgIpc) is 2.99. The quantitative estimate of drug-likeness (QED) is 0.657. The lowest BCUT2D eigenvalue weighted by Gasteiger charge is -2.30. The van der Waals surface area contributed by atoms with Crippen LogP contribution in [0.3, 0.4) is 0 Å². The second kappa shape index (κ2) is 9.02. The third-order valence-electron chi connectivity index (χ3n) is 5.10. The third kappa shape index (κ3) is 4.78. The van der Waals surface area contributed by atoms with Gasteiger partial charge in [-0.15, -0.1) is 0 Å². The topological polar surface area (TPSA) is 56.7 Å². The van der Waals surface area contributed by atoms with E-state index in [9.17, 15) is 4.79 Å². The van der Waals surface area contributed by atoms with Gasteiger partial charge >= 0.3 is 0 Å². The molecule has 1 aliphatic heterocycles. The van der Waals surface area contributed by atoms with Gasteiger partial charge in [0.2, 0.25) is 5.91 Å². The summed E-state index contributed by atoms with van der Waals surface area (Å²) in [5.74, 6) is -0.352. The molecule has 0 fully saturated rings. The normalized spacial score (nSPS) is 16.2. The van der Waals surface area contributed by atoms with Crippen molar-refractivity contribution in [3.63, 3.8) is 0 Å². The summed E-state index contributed by atoms with van der Waals surface area (Å²) in [6.45, 7) is 10.8. The number of hydrogen-bond acceptors (Lipinski definition) is 4. The molecule has 2 N–H and O–H groups in total. The molecule has 2 aromatic carbocycles. The van der Waals surface area contributed by atoms with Gasteiger partial charge in [-0.2, -0.15) is 0 Å². The number of nitrogens with one attached hydrogen (secondary N) is 2. The summed E-state index contributed by atoms with van der Waals surface area (Å²) in [5, 5.41) is 6.37. The van der Waals surface area contributed by atoms with Gasteiger partial charge in [-0.1, -0.05) is 18.2 Å². The van der Waals surface area contributed by atoms with Crippen molar-refractivity contribution in [2.45, 2.75) is 45.7 Å². The highest BCUT2D eigenvalue weighted by molar-refractivity contribution is 6.12. The molecule has 0 radical (unpaired) electrons. The predicted octanol–water partition coefficient (Wildman–Crippen LogP) is 4.66. The van der Waals surface area contributed by atoms with Crippen LogP contribution in [0.2, 0.25) is 0 Å². The highest BCUT2D eigenvalue weighted by atomic mass is 16.2. The Kier molecular flexibility index (Phi) is 6.47. The molecule has 5 heteroatoms. The van der Waals surface area contributed by atoms with Crippen LogP contribution in [0.5, 0.6) is 0 Å². The monoisotopic (exact) mass is 378 g/mol. The summed E-state index contributed by atoms with van der Waals surface area (Å²) < 4.78 is 0. The van der Waals surface area contributed by atoms with Gasteiger partial charge in [-0.05, 0) is 63.6 Å². The highest BCUT2D eigenvalue weighted by Gasteiger charge is 2.28. The highest BCUT2D eigenvalue weighted by Crippen LogP contribution is 2.31. The zero-order chi connectivity index (χ0) is 20.1. The molecular formula is C23H30N4O. The van der Waals surface area contributed by atoms with Crippen molar-refractivity contribution in [1.82, 2.24) is 4.90 Å². The molecule has 0 aliphatic carbocycles. The van der Waals surface area contributed by atoms with Crippen LogP contribution in [0.1, 0.15) is 39.2 Å². The van der Waals surface area contributed by atoms with Crippen molar-refractivity contribution in [3.05, 3.63) is 54.1 Å². The Labute approximate surface area is 167 Å². The first-order valence-electron chi connectivity index (χ1n) is 9.99. The minimum absolute atomic E-state index is 0.0249. The zero-order valence-corrected chi connectivity index (χ0v) is 17.1. The summed E-state index contributed by atoms with van der Waals surface area (Å²) >= 11 is 0. The standard InChI is InChI=1S/C23H30N4O/c1-16(2)27(17(3)4)14-13-24-18-9-11-19(12-10-18)25-15-21-20-7-5-6-8-22(20)26-23(21)28/h5-12,15-17,21,24H,13-14H2,1-4H3,(H,26,28). The smallest absolute Gasteiger partial charge is 0.237 e. The largest absolute Gasteiger partial charge is 0.384 e. The average molecular weight is 379 g/mol. The Hall–Kier alpha value is -2.66. The van der Waals surface area contributed by atoms with Gasteiger partial charge in [-0.3, -0.25) is 14.7 Å². The number of carbonyl (C=O) groups is 1. The summed E-state index contributed by atoms with van der Waals surface area (Å²) in [5.41, 5.74) is 3.78.